The molecule has 2 N–H and O–H groups in total. The van der Waals surface area contributed by atoms with Gasteiger partial charge in [0.2, 0.25) is 0 Å². The van der Waals surface area contributed by atoms with Gasteiger partial charge in [-0.2, -0.15) is 0 Å². The second-order valence-corrected chi connectivity index (χ2v) is 3.86. The fourth-order valence-corrected chi connectivity index (χ4v) is 1.59. The zero-order valence-corrected chi connectivity index (χ0v) is 9.58. The van der Waals surface area contributed by atoms with Crippen molar-refractivity contribution in [2.45, 2.75) is 0 Å². The van der Waals surface area contributed by atoms with Crippen LogP contribution >= 0.6 is 0 Å². The standard InChI is InChI=1S/C15H12O3/c16-10-13(12-3-7-15(18)8-4-12)9-11-1-5-14(17)6-2-11/h1-10,17-18H. The van der Waals surface area contributed by atoms with Crippen LogP contribution in [0.1, 0.15) is 11.1 Å². The molecule has 0 aliphatic carbocycles. The van der Waals surface area contributed by atoms with Crippen molar-refractivity contribution < 1.29 is 15.0 Å². The monoisotopic (exact) mass is 240 g/mol. The highest BCUT2D eigenvalue weighted by atomic mass is 16.3. The van der Waals surface area contributed by atoms with E-state index in [0.29, 0.717) is 5.57 Å². The summed E-state index contributed by atoms with van der Waals surface area (Å²) in [5, 5.41) is 18.4. The molecule has 0 bridgehead atoms. The summed E-state index contributed by atoms with van der Waals surface area (Å²) in [4.78, 5) is 11.1. The van der Waals surface area contributed by atoms with Crippen molar-refractivity contribution in [3.63, 3.8) is 0 Å². The molecule has 0 radical (unpaired) electrons. The van der Waals surface area contributed by atoms with Crippen LogP contribution in [-0.2, 0) is 4.79 Å². The van der Waals surface area contributed by atoms with Crippen LogP contribution in [0.5, 0.6) is 11.5 Å². The van der Waals surface area contributed by atoms with E-state index >= 15 is 0 Å². The maximum atomic E-state index is 11.1. The predicted molar refractivity (Wildman–Crippen MR) is 70.1 cm³/mol. The van der Waals surface area contributed by atoms with Gasteiger partial charge in [-0.25, -0.2) is 0 Å². The van der Waals surface area contributed by atoms with Gasteiger partial charge in [0, 0.05) is 5.57 Å². The van der Waals surface area contributed by atoms with Crippen LogP contribution in [0, 0.1) is 0 Å². The van der Waals surface area contributed by atoms with E-state index in [1.807, 2.05) is 0 Å². The molecule has 0 fully saturated rings. The molecular formula is C15H12O3. The quantitative estimate of drug-likeness (QED) is 0.492. The summed E-state index contributed by atoms with van der Waals surface area (Å²) in [6.45, 7) is 0. The zero-order valence-electron chi connectivity index (χ0n) is 9.58. The third-order valence-electron chi connectivity index (χ3n) is 2.54. The van der Waals surface area contributed by atoms with E-state index < -0.39 is 0 Å². The Kier molecular flexibility index (Phi) is 3.44. The Balaban J connectivity index is 2.36. The molecule has 0 saturated carbocycles. The highest BCUT2D eigenvalue weighted by Crippen LogP contribution is 2.20. The molecule has 3 nitrogen and oxygen atoms in total. The number of allylic oxidation sites excluding steroid dienone is 1. The molecule has 0 aliphatic rings. The fraction of sp³-hybridized carbons (Fsp3) is 0. The summed E-state index contributed by atoms with van der Waals surface area (Å²) in [6.07, 6.45) is 2.48. The number of hydrogen-bond acceptors (Lipinski definition) is 3. The second-order valence-electron chi connectivity index (χ2n) is 3.86. The van der Waals surface area contributed by atoms with E-state index in [1.54, 1.807) is 42.5 Å². The average Bonchev–Trinajstić information content (AvgIpc) is 2.39. The SMILES string of the molecule is O=CC(=Cc1ccc(O)cc1)c1ccc(O)cc1. The minimum Gasteiger partial charge on any atom is -0.508 e. The maximum Gasteiger partial charge on any atom is 0.150 e. The van der Waals surface area contributed by atoms with Gasteiger partial charge in [-0.1, -0.05) is 24.3 Å². The predicted octanol–water partition coefficient (Wildman–Crippen LogP) is 2.84. The summed E-state index contributed by atoms with van der Waals surface area (Å²) >= 11 is 0. The Morgan fingerprint density at radius 3 is 1.83 bits per heavy atom. The van der Waals surface area contributed by atoms with Crippen LogP contribution < -0.4 is 0 Å². The van der Waals surface area contributed by atoms with E-state index in [2.05, 4.69) is 0 Å². The van der Waals surface area contributed by atoms with Crippen molar-refractivity contribution in [2.75, 3.05) is 0 Å². The van der Waals surface area contributed by atoms with Crippen LogP contribution in [-0.4, -0.2) is 16.5 Å². The smallest absolute Gasteiger partial charge is 0.150 e. The highest BCUT2D eigenvalue weighted by Gasteiger charge is 2.01. The number of aromatic hydroxyl groups is 2. The molecule has 2 rings (SSSR count). The van der Waals surface area contributed by atoms with E-state index in [0.717, 1.165) is 17.4 Å². The molecule has 0 amide bonds. The van der Waals surface area contributed by atoms with Gasteiger partial charge in [-0.3, -0.25) is 4.79 Å². The van der Waals surface area contributed by atoms with Crippen molar-refractivity contribution in [3.05, 3.63) is 59.7 Å². The molecule has 0 saturated heterocycles. The lowest BCUT2D eigenvalue weighted by Crippen LogP contribution is -1.85. The van der Waals surface area contributed by atoms with Gasteiger partial charge in [-0.05, 0) is 41.5 Å². The molecule has 0 aliphatic heterocycles. The lowest BCUT2D eigenvalue weighted by atomic mass is 10.0. The van der Waals surface area contributed by atoms with Gasteiger partial charge >= 0.3 is 0 Å². The fourth-order valence-electron chi connectivity index (χ4n) is 1.59. The minimum atomic E-state index is 0.161. The first kappa shape index (κ1) is 11.9. The molecular weight excluding hydrogens is 228 g/mol. The molecule has 0 aromatic heterocycles. The Bertz CT molecular complexity index is 566. The lowest BCUT2D eigenvalue weighted by Gasteiger charge is -2.01. The number of aldehydes is 1. The first-order chi connectivity index (χ1) is 8.69. The summed E-state index contributed by atoms with van der Waals surface area (Å²) < 4.78 is 0. The van der Waals surface area contributed by atoms with Crippen LogP contribution in [0.3, 0.4) is 0 Å². The maximum absolute atomic E-state index is 11.1. The van der Waals surface area contributed by atoms with Crippen molar-refractivity contribution >= 4 is 17.9 Å². The number of rotatable bonds is 3. The number of carbonyl (C=O) groups excluding carboxylic acids is 1. The largest absolute Gasteiger partial charge is 0.508 e. The number of phenolic OH excluding ortho intramolecular Hbond substituents is 2. The summed E-state index contributed by atoms with van der Waals surface area (Å²) in [7, 11) is 0. The minimum absolute atomic E-state index is 0.161. The Hall–Kier alpha value is -2.55. The molecule has 90 valence electrons. The summed E-state index contributed by atoms with van der Waals surface area (Å²) in [5.41, 5.74) is 2.07. The van der Waals surface area contributed by atoms with Crippen LogP contribution in [0.4, 0.5) is 0 Å². The molecule has 0 heterocycles. The lowest BCUT2D eigenvalue weighted by molar-refractivity contribution is -0.103. The van der Waals surface area contributed by atoms with Crippen molar-refractivity contribution in [2.24, 2.45) is 0 Å². The zero-order chi connectivity index (χ0) is 13.0. The summed E-state index contributed by atoms with van der Waals surface area (Å²) in [6, 6.07) is 13.0. The highest BCUT2D eigenvalue weighted by molar-refractivity contribution is 6.13. The molecule has 2 aromatic rings. The van der Waals surface area contributed by atoms with Crippen molar-refractivity contribution in [1.82, 2.24) is 0 Å². The molecule has 0 unspecified atom stereocenters. The first-order valence-electron chi connectivity index (χ1n) is 5.44. The van der Waals surface area contributed by atoms with Gasteiger partial charge in [0.05, 0.1) is 0 Å². The molecule has 3 heteroatoms. The number of benzene rings is 2. The average molecular weight is 240 g/mol. The van der Waals surface area contributed by atoms with Crippen LogP contribution in [0.2, 0.25) is 0 Å². The second kappa shape index (κ2) is 5.19. The number of hydrogen-bond donors (Lipinski definition) is 2. The van der Waals surface area contributed by atoms with E-state index in [4.69, 9.17) is 0 Å². The molecule has 18 heavy (non-hydrogen) atoms. The van der Waals surface area contributed by atoms with Crippen molar-refractivity contribution in [3.8, 4) is 11.5 Å². The van der Waals surface area contributed by atoms with Gasteiger partial charge in [0.1, 0.15) is 11.5 Å². The number of carbonyl (C=O) groups is 1. The topological polar surface area (TPSA) is 57.5 Å². The summed E-state index contributed by atoms with van der Waals surface area (Å²) in [5.74, 6) is 0.345. The Morgan fingerprint density at radius 1 is 0.833 bits per heavy atom. The van der Waals surface area contributed by atoms with Gasteiger partial charge in [0.15, 0.2) is 6.29 Å². The Morgan fingerprint density at radius 2 is 1.33 bits per heavy atom. The number of phenols is 2. The van der Waals surface area contributed by atoms with E-state index in [9.17, 15) is 15.0 Å². The third kappa shape index (κ3) is 2.77. The van der Waals surface area contributed by atoms with E-state index in [-0.39, 0.29) is 11.5 Å². The third-order valence-corrected chi connectivity index (χ3v) is 2.54. The first-order valence-corrected chi connectivity index (χ1v) is 5.44. The van der Waals surface area contributed by atoms with Gasteiger partial charge < -0.3 is 10.2 Å². The van der Waals surface area contributed by atoms with Gasteiger partial charge in [0.25, 0.3) is 0 Å². The normalized spacial score (nSPS) is 11.2. The van der Waals surface area contributed by atoms with Crippen LogP contribution in [0.25, 0.3) is 11.6 Å². The van der Waals surface area contributed by atoms with E-state index in [1.165, 1.54) is 12.1 Å². The molecule has 0 atom stereocenters. The molecule has 0 spiro atoms. The van der Waals surface area contributed by atoms with Crippen LogP contribution in [0.15, 0.2) is 48.5 Å². The molecule has 2 aromatic carbocycles. The van der Waals surface area contributed by atoms with Gasteiger partial charge in [-0.15, -0.1) is 0 Å². The van der Waals surface area contributed by atoms with Crippen molar-refractivity contribution in [1.29, 1.82) is 0 Å². The Labute approximate surface area is 105 Å².